The lowest BCUT2D eigenvalue weighted by molar-refractivity contribution is -0.117. The van der Waals surface area contributed by atoms with E-state index in [1.165, 1.54) is 29.4 Å². The fraction of sp³-hybridized carbons (Fsp3) is 0.333. The summed E-state index contributed by atoms with van der Waals surface area (Å²) < 4.78 is 38.9. The molecule has 1 aromatic carbocycles. The van der Waals surface area contributed by atoms with Crippen molar-refractivity contribution in [2.45, 2.75) is 33.3 Å². The Labute approximate surface area is 194 Å². The molecule has 0 radical (unpaired) electrons. The van der Waals surface area contributed by atoms with Crippen LogP contribution in [0.3, 0.4) is 0 Å². The van der Waals surface area contributed by atoms with Crippen LogP contribution in [-0.4, -0.2) is 47.4 Å². The molecule has 34 heavy (non-hydrogen) atoms. The lowest BCUT2D eigenvalue weighted by atomic mass is 9.98. The number of amides is 2. The Bertz CT molecular complexity index is 1290. The smallest absolute Gasteiger partial charge is 0.415 e. The second-order valence-electron chi connectivity index (χ2n) is 8.86. The van der Waals surface area contributed by atoms with E-state index in [1.807, 2.05) is 0 Å². The summed E-state index contributed by atoms with van der Waals surface area (Å²) in [5, 5.41) is 3.42. The molecule has 0 atom stereocenters. The zero-order chi connectivity index (χ0) is 24.6. The maximum absolute atomic E-state index is 15.1. The van der Waals surface area contributed by atoms with Crippen LogP contribution in [0.1, 0.15) is 26.3 Å². The highest BCUT2D eigenvalue weighted by molar-refractivity contribution is 5.96. The predicted molar refractivity (Wildman–Crippen MR) is 123 cm³/mol. The Morgan fingerprint density at radius 3 is 2.62 bits per heavy atom. The minimum atomic E-state index is -1.18. The molecule has 1 aliphatic rings. The fourth-order valence-electron chi connectivity index (χ4n) is 3.73. The molecule has 1 N–H and O–H groups in total. The summed E-state index contributed by atoms with van der Waals surface area (Å²) in [4.78, 5) is 34.0. The number of rotatable bonds is 3. The van der Waals surface area contributed by atoms with Crippen molar-refractivity contribution in [2.75, 3.05) is 30.0 Å². The van der Waals surface area contributed by atoms with Crippen LogP contribution in [0.5, 0.6) is 5.88 Å². The van der Waals surface area contributed by atoms with E-state index in [1.54, 1.807) is 33.8 Å². The van der Waals surface area contributed by atoms with Crippen molar-refractivity contribution < 1.29 is 27.8 Å². The number of aromatic nitrogens is 2. The SMILES string of the molecule is Cc1c(-c2cc3cc(NC(=O)CF)ncc3cc2F)cnc2c1N(C(=O)OC(C)(C)C)CCO2. The Hall–Kier alpha value is -3.82. The number of carbonyl (C=O) groups is 2. The molecule has 1 aliphatic heterocycles. The van der Waals surface area contributed by atoms with Crippen LogP contribution in [0, 0.1) is 12.7 Å². The largest absolute Gasteiger partial charge is 0.474 e. The molecule has 2 aromatic heterocycles. The summed E-state index contributed by atoms with van der Waals surface area (Å²) in [7, 11) is 0. The molecular weight excluding hydrogens is 446 g/mol. The molecule has 3 heterocycles. The first-order valence-corrected chi connectivity index (χ1v) is 10.7. The van der Waals surface area contributed by atoms with Gasteiger partial charge in [0.2, 0.25) is 5.88 Å². The van der Waals surface area contributed by atoms with E-state index < -0.39 is 30.1 Å². The lowest BCUT2D eigenvalue weighted by Gasteiger charge is -2.32. The Balaban J connectivity index is 1.79. The number of pyridine rings is 2. The molecule has 2 amide bonds. The topological polar surface area (TPSA) is 93.7 Å². The van der Waals surface area contributed by atoms with Gasteiger partial charge in [-0.05, 0) is 56.8 Å². The second kappa shape index (κ2) is 8.85. The fourth-order valence-corrected chi connectivity index (χ4v) is 3.73. The first-order chi connectivity index (χ1) is 16.1. The summed E-state index contributed by atoms with van der Waals surface area (Å²) in [5.74, 6) is -0.927. The first kappa shape index (κ1) is 23.3. The third-order valence-electron chi connectivity index (χ3n) is 5.20. The van der Waals surface area contributed by atoms with Crippen LogP contribution in [-0.2, 0) is 9.53 Å². The van der Waals surface area contributed by atoms with Crippen LogP contribution in [0.15, 0.2) is 30.6 Å². The third-order valence-corrected chi connectivity index (χ3v) is 5.20. The maximum Gasteiger partial charge on any atom is 0.415 e. The van der Waals surface area contributed by atoms with Crippen LogP contribution in [0.4, 0.5) is 25.1 Å². The molecule has 10 heteroatoms. The number of hydrogen-bond donors (Lipinski definition) is 1. The van der Waals surface area contributed by atoms with E-state index in [2.05, 4.69) is 15.3 Å². The highest BCUT2D eigenvalue weighted by Crippen LogP contribution is 2.40. The maximum atomic E-state index is 15.1. The van der Waals surface area contributed by atoms with Crippen LogP contribution in [0.25, 0.3) is 21.9 Å². The first-order valence-electron chi connectivity index (χ1n) is 10.7. The van der Waals surface area contributed by atoms with Gasteiger partial charge in [0.15, 0.2) is 6.67 Å². The molecule has 0 spiro atoms. The standard InChI is InChI=1S/C24H24F2N4O4/c1-13-17(12-28-22-21(13)30(5-6-33-22)23(32)34-24(2,3)4)16-7-14-9-19(29-20(31)10-25)27-11-15(14)8-18(16)26/h7-9,11-12H,5-6,10H2,1-4H3,(H,27,29,31). The van der Waals surface area contributed by atoms with Gasteiger partial charge in [-0.15, -0.1) is 0 Å². The van der Waals surface area contributed by atoms with E-state index >= 15 is 4.39 Å². The monoisotopic (exact) mass is 470 g/mol. The molecule has 0 unspecified atom stereocenters. The van der Waals surface area contributed by atoms with Gasteiger partial charge in [0.05, 0.1) is 6.54 Å². The zero-order valence-corrected chi connectivity index (χ0v) is 19.2. The second-order valence-corrected chi connectivity index (χ2v) is 8.86. The molecule has 0 bridgehead atoms. The lowest BCUT2D eigenvalue weighted by Crippen LogP contribution is -2.42. The van der Waals surface area contributed by atoms with Gasteiger partial charge >= 0.3 is 6.09 Å². The van der Waals surface area contributed by atoms with Gasteiger partial charge < -0.3 is 14.8 Å². The molecule has 178 valence electrons. The van der Waals surface area contributed by atoms with Gasteiger partial charge in [0, 0.05) is 28.9 Å². The number of carbonyl (C=O) groups excluding carboxylic acids is 2. The quantitative estimate of drug-likeness (QED) is 0.592. The molecule has 4 rings (SSSR count). The number of halogens is 2. The number of fused-ring (bicyclic) bond motifs is 2. The van der Waals surface area contributed by atoms with Crippen molar-refractivity contribution in [3.63, 3.8) is 0 Å². The number of alkyl halides is 1. The highest BCUT2D eigenvalue weighted by atomic mass is 19.1. The summed E-state index contributed by atoms with van der Waals surface area (Å²) in [6.07, 6.45) is 2.34. The third kappa shape index (κ3) is 4.61. The van der Waals surface area contributed by atoms with Gasteiger partial charge in [-0.25, -0.2) is 23.5 Å². The summed E-state index contributed by atoms with van der Waals surface area (Å²) in [6.45, 7) is 6.42. The van der Waals surface area contributed by atoms with E-state index in [-0.39, 0.29) is 30.4 Å². The molecule has 0 saturated carbocycles. The van der Waals surface area contributed by atoms with E-state index in [0.29, 0.717) is 27.6 Å². The summed E-state index contributed by atoms with van der Waals surface area (Å²) in [5.41, 5.74) is 1.02. The van der Waals surface area contributed by atoms with Crippen molar-refractivity contribution in [2.24, 2.45) is 0 Å². The van der Waals surface area contributed by atoms with Crippen LogP contribution in [0.2, 0.25) is 0 Å². The number of nitrogens with one attached hydrogen (secondary N) is 1. The van der Waals surface area contributed by atoms with Crippen LogP contribution >= 0.6 is 0 Å². The number of hydrogen-bond acceptors (Lipinski definition) is 6. The van der Waals surface area contributed by atoms with Crippen LogP contribution < -0.4 is 15.0 Å². The van der Waals surface area contributed by atoms with Crippen molar-refractivity contribution in [3.8, 4) is 17.0 Å². The van der Waals surface area contributed by atoms with Gasteiger partial charge in [-0.2, -0.15) is 0 Å². The van der Waals surface area contributed by atoms with Gasteiger partial charge in [0.25, 0.3) is 5.91 Å². The van der Waals surface area contributed by atoms with Crippen molar-refractivity contribution >= 4 is 34.3 Å². The Morgan fingerprint density at radius 2 is 1.91 bits per heavy atom. The molecule has 8 nitrogen and oxygen atoms in total. The Kier molecular flexibility index (Phi) is 6.07. The molecule has 0 aliphatic carbocycles. The number of ether oxygens (including phenoxy) is 2. The minimum absolute atomic E-state index is 0.150. The number of nitrogens with zero attached hydrogens (tertiary/aromatic N) is 3. The molecule has 0 fully saturated rings. The van der Waals surface area contributed by atoms with E-state index in [4.69, 9.17) is 9.47 Å². The Morgan fingerprint density at radius 1 is 1.15 bits per heavy atom. The van der Waals surface area contributed by atoms with E-state index in [0.717, 1.165) is 0 Å². The zero-order valence-electron chi connectivity index (χ0n) is 19.2. The average Bonchev–Trinajstić information content (AvgIpc) is 2.77. The van der Waals surface area contributed by atoms with Gasteiger partial charge in [0.1, 0.15) is 29.5 Å². The van der Waals surface area contributed by atoms with Gasteiger partial charge in [-0.1, -0.05) is 0 Å². The van der Waals surface area contributed by atoms with E-state index in [9.17, 15) is 14.0 Å². The van der Waals surface area contributed by atoms with Crippen molar-refractivity contribution in [1.82, 2.24) is 9.97 Å². The molecule has 3 aromatic rings. The number of anilines is 2. The molecular formula is C24H24F2N4O4. The summed E-state index contributed by atoms with van der Waals surface area (Å²) >= 11 is 0. The van der Waals surface area contributed by atoms with Gasteiger partial charge in [-0.3, -0.25) is 9.69 Å². The highest BCUT2D eigenvalue weighted by Gasteiger charge is 2.31. The normalized spacial score (nSPS) is 13.3. The van der Waals surface area contributed by atoms with Crippen molar-refractivity contribution in [1.29, 1.82) is 0 Å². The van der Waals surface area contributed by atoms with Crippen molar-refractivity contribution in [3.05, 3.63) is 42.0 Å². The summed E-state index contributed by atoms with van der Waals surface area (Å²) in [6, 6.07) is 4.44. The average molecular weight is 470 g/mol. The molecule has 0 saturated heterocycles. The number of benzene rings is 1. The minimum Gasteiger partial charge on any atom is -0.474 e. The predicted octanol–water partition coefficient (Wildman–Crippen LogP) is 4.79.